The summed E-state index contributed by atoms with van der Waals surface area (Å²) in [6.45, 7) is 1.90. The molecule has 1 aliphatic rings. The van der Waals surface area contributed by atoms with E-state index in [0.29, 0.717) is 13.1 Å². The number of hydrogen-bond donors (Lipinski definition) is 1. The highest BCUT2D eigenvalue weighted by Crippen LogP contribution is 2.31. The van der Waals surface area contributed by atoms with Gasteiger partial charge in [0.1, 0.15) is 5.75 Å². The molecule has 1 aliphatic heterocycles. The van der Waals surface area contributed by atoms with E-state index in [1.54, 1.807) is 7.11 Å². The zero-order valence-corrected chi connectivity index (χ0v) is 19.9. The Bertz CT molecular complexity index is 1410. The highest BCUT2D eigenvalue weighted by molar-refractivity contribution is 7.91. The van der Waals surface area contributed by atoms with Gasteiger partial charge < -0.3 is 10.1 Å². The lowest BCUT2D eigenvalue weighted by Crippen LogP contribution is -2.39. The Morgan fingerprint density at radius 2 is 1.71 bits per heavy atom. The predicted molar refractivity (Wildman–Crippen MR) is 137 cm³/mol. The lowest BCUT2D eigenvalue weighted by Gasteiger charge is -2.26. The van der Waals surface area contributed by atoms with E-state index in [2.05, 4.69) is 34.5 Å². The monoisotopic (exact) mass is 473 g/mol. The van der Waals surface area contributed by atoms with Gasteiger partial charge in [0.2, 0.25) is 0 Å². The van der Waals surface area contributed by atoms with Gasteiger partial charge in [-0.15, -0.1) is 0 Å². The summed E-state index contributed by atoms with van der Waals surface area (Å²) in [6, 6.07) is 26.4. The number of fused-ring (bicyclic) bond motifs is 1. The molecule has 4 aromatic rings. The summed E-state index contributed by atoms with van der Waals surface area (Å²) in [4.78, 5) is 7.07. The van der Waals surface area contributed by atoms with E-state index in [4.69, 9.17) is 9.72 Å². The van der Waals surface area contributed by atoms with Crippen LogP contribution in [0.4, 0.5) is 11.4 Å². The SMILES string of the molecule is COc1ccc(-c2cc(Nc3cccc(CN4CCS(=O)(=O)CC4)c3)c3ccccc3n2)cc1. The van der Waals surface area contributed by atoms with E-state index in [1.807, 2.05) is 54.6 Å². The lowest BCUT2D eigenvalue weighted by atomic mass is 10.1. The highest BCUT2D eigenvalue weighted by Gasteiger charge is 2.21. The molecule has 0 radical (unpaired) electrons. The number of pyridine rings is 1. The number of aromatic nitrogens is 1. The molecule has 6 nitrogen and oxygen atoms in total. The van der Waals surface area contributed by atoms with Crippen LogP contribution in [0.15, 0.2) is 78.9 Å². The second kappa shape index (κ2) is 9.44. The van der Waals surface area contributed by atoms with Gasteiger partial charge in [-0.3, -0.25) is 4.90 Å². The first-order chi connectivity index (χ1) is 16.5. The molecule has 1 fully saturated rings. The molecule has 0 unspecified atom stereocenters. The molecular formula is C27H27N3O3S. The molecule has 0 aliphatic carbocycles. The third kappa shape index (κ3) is 5.05. The smallest absolute Gasteiger partial charge is 0.152 e. The minimum absolute atomic E-state index is 0.238. The molecule has 7 heteroatoms. The van der Waals surface area contributed by atoms with Gasteiger partial charge in [-0.25, -0.2) is 13.4 Å². The Morgan fingerprint density at radius 3 is 2.47 bits per heavy atom. The number of para-hydroxylation sites is 1. The Hall–Kier alpha value is -3.42. The largest absolute Gasteiger partial charge is 0.497 e. The van der Waals surface area contributed by atoms with Crippen LogP contribution in [0.5, 0.6) is 5.75 Å². The van der Waals surface area contributed by atoms with Crippen molar-refractivity contribution < 1.29 is 13.2 Å². The molecule has 0 amide bonds. The van der Waals surface area contributed by atoms with Crippen LogP contribution >= 0.6 is 0 Å². The standard InChI is InChI=1S/C27H27N3O3S/c1-33-23-11-9-21(10-12-23)26-18-27(24-7-2-3-8-25(24)29-26)28-22-6-4-5-20(17-22)19-30-13-15-34(31,32)16-14-30/h2-12,17-18H,13-16,19H2,1H3,(H,28,29). The van der Waals surface area contributed by atoms with Crippen molar-refractivity contribution in [2.75, 3.05) is 37.0 Å². The topological polar surface area (TPSA) is 71.5 Å². The average molecular weight is 474 g/mol. The Kier molecular flexibility index (Phi) is 6.22. The second-order valence-electron chi connectivity index (χ2n) is 8.55. The molecule has 174 valence electrons. The van der Waals surface area contributed by atoms with E-state index >= 15 is 0 Å². The maximum absolute atomic E-state index is 11.7. The van der Waals surface area contributed by atoms with Crippen molar-refractivity contribution in [2.24, 2.45) is 0 Å². The van der Waals surface area contributed by atoms with Crippen molar-refractivity contribution >= 4 is 32.1 Å². The van der Waals surface area contributed by atoms with Crippen LogP contribution in [0.25, 0.3) is 22.2 Å². The van der Waals surface area contributed by atoms with Gasteiger partial charge in [-0.2, -0.15) is 0 Å². The molecule has 3 aromatic carbocycles. The number of nitrogens with zero attached hydrogens (tertiary/aromatic N) is 2. The van der Waals surface area contributed by atoms with Crippen molar-refractivity contribution in [3.8, 4) is 17.0 Å². The summed E-state index contributed by atoms with van der Waals surface area (Å²) in [5.41, 5.74) is 5.94. The summed E-state index contributed by atoms with van der Waals surface area (Å²) in [5.74, 6) is 1.29. The minimum atomic E-state index is -2.88. The number of sulfone groups is 1. The number of hydrogen-bond acceptors (Lipinski definition) is 6. The number of anilines is 2. The molecule has 0 spiro atoms. The van der Waals surface area contributed by atoms with Crippen LogP contribution < -0.4 is 10.1 Å². The summed E-state index contributed by atoms with van der Waals surface area (Å²) in [7, 11) is -1.22. The van der Waals surface area contributed by atoms with Crippen LogP contribution in [0.1, 0.15) is 5.56 Å². The third-order valence-corrected chi connectivity index (χ3v) is 7.76. The van der Waals surface area contributed by atoms with Crippen molar-refractivity contribution in [1.29, 1.82) is 0 Å². The van der Waals surface area contributed by atoms with Gasteiger partial charge >= 0.3 is 0 Å². The number of methoxy groups -OCH3 is 1. The van der Waals surface area contributed by atoms with Crippen molar-refractivity contribution in [3.05, 3.63) is 84.4 Å². The van der Waals surface area contributed by atoms with Gasteiger partial charge in [-0.1, -0.05) is 30.3 Å². The Morgan fingerprint density at radius 1 is 0.941 bits per heavy atom. The normalized spacial score (nSPS) is 15.8. The highest BCUT2D eigenvalue weighted by atomic mass is 32.2. The Labute approximate surface area is 200 Å². The van der Waals surface area contributed by atoms with E-state index in [1.165, 1.54) is 0 Å². The van der Waals surface area contributed by atoms with Crippen molar-refractivity contribution in [2.45, 2.75) is 6.54 Å². The first-order valence-electron chi connectivity index (χ1n) is 11.3. The molecule has 0 saturated carbocycles. The first-order valence-corrected chi connectivity index (χ1v) is 13.1. The summed E-state index contributed by atoms with van der Waals surface area (Å²) >= 11 is 0. The van der Waals surface area contributed by atoms with Gasteiger partial charge in [0.25, 0.3) is 0 Å². The fraction of sp³-hybridized carbons (Fsp3) is 0.222. The Balaban J connectivity index is 1.42. The maximum atomic E-state index is 11.7. The van der Waals surface area contributed by atoms with Crippen LogP contribution in [-0.4, -0.2) is 50.0 Å². The summed E-state index contributed by atoms with van der Waals surface area (Å²) in [6.07, 6.45) is 0. The molecule has 1 aromatic heterocycles. The molecule has 2 heterocycles. The summed E-state index contributed by atoms with van der Waals surface area (Å²) in [5, 5.41) is 4.64. The number of ether oxygens (including phenoxy) is 1. The molecule has 5 rings (SSSR count). The minimum Gasteiger partial charge on any atom is -0.497 e. The number of nitrogens with one attached hydrogen (secondary N) is 1. The lowest BCUT2D eigenvalue weighted by molar-refractivity contribution is 0.288. The zero-order chi connectivity index (χ0) is 23.5. The van der Waals surface area contributed by atoms with Crippen LogP contribution in [-0.2, 0) is 16.4 Å². The van der Waals surface area contributed by atoms with Gasteiger partial charge in [-0.05, 0) is 54.1 Å². The summed E-state index contributed by atoms with van der Waals surface area (Å²) < 4.78 is 28.7. The molecule has 34 heavy (non-hydrogen) atoms. The first kappa shape index (κ1) is 22.4. The van der Waals surface area contributed by atoms with Gasteiger partial charge in [0.15, 0.2) is 9.84 Å². The van der Waals surface area contributed by atoms with E-state index in [-0.39, 0.29) is 11.5 Å². The fourth-order valence-corrected chi connectivity index (χ4v) is 5.53. The van der Waals surface area contributed by atoms with E-state index in [9.17, 15) is 8.42 Å². The van der Waals surface area contributed by atoms with E-state index in [0.717, 1.165) is 51.4 Å². The third-order valence-electron chi connectivity index (χ3n) is 6.15. The maximum Gasteiger partial charge on any atom is 0.152 e. The predicted octanol–water partition coefficient (Wildman–Crippen LogP) is 4.88. The number of benzene rings is 3. The fourth-order valence-electron chi connectivity index (χ4n) is 4.26. The van der Waals surface area contributed by atoms with Crippen molar-refractivity contribution in [3.63, 3.8) is 0 Å². The molecular weight excluding hydrogens is 446 g/mol. The van der Waals surface area contributed by atoms with Gasteiger partial charge in [0, 0.05) is 36.3 Å². The quantitative estimate of drug-likeness (QED) is 0.430. The van der Waals surface area contributed by atoms with Gasteiger partial charge in [0.05, 0.1) is 35.5 Å². The zero-order valence-electron chi connectivity index (χ0n) is 19.1. The van der Waals surface area contributed by atoms with Crippen LogP contribution in [0.3, 0.4) is 0 Å². The van der Waals surface area contributed by atoms with E-state index < -0.39 is 9.84 Å². The average Bonchev–Trinajstić information content (AvgIpc) is 2.85. The molecule has 0 atom stereocenters. The molecule has 1 saturated heterocycles. The van der Waals surface area contributed by atoms with Crippen molar-refractivity contribution in [1.82, 2.24) is 9.88 Å². The second-order valence-corrected chi connectivity index (χ2v) is 10.9. The van der Waals surface area contributed by atoms with Crippen LogP contribution in [0.2, 0.25) is 0 Å². The molecule has 1 N–H and O–H groups in total. The van der Waals surface area contributed by atoms with Crippen LogP contribution in [0, 0.1) is 0 Å². The molecule has 0 bridgehead atoms. The number of rotatable bonds is 6.